The molecule has 2 N–H and O–H groups in total. The van der Waals surface area contributed by atoms with Crippen LogP contribution in [0.3, 0.4) is 0 Å². The topological polar surface area (TPSA) is 32.3 Å². The molecule has 1 atom stereocenters. The van der Waals surface area contributed by atoms with E-state index in [1.807, 2.05) is 12.1 Å². The fraction of sp³-hybridized carbons (Fsp3) is 0.538. The van der Waals surface area contributed by atoms with Gasteiger partial charge in [0.2, 0.25) is 0 Å². The van der Waals surface area contributed by atoms with Crippen molar-refractivity contribution in [2.24, 2.45) is 0 Å². The molecular formula is C13H18BrNO. The standard InChI is InChI=1S/C13H18BrNO/c1-2-12(15-10-4-3-5-10)11-8-9(14)6-7-13(11)16/h6-8,10,12,15-16H,2-5H2,1H3. The molecule has 1 aromatic rings. The Morgan fingerprint density at radius 3 is 2.81 bits per heavy atom. The molecule has 0 bridgehead atoms. The van der Waals surface area contributed by atoms with E-state index in [0.717, 1.165) is 16.5 Å². The zero-order valence-electron chi connectivity index (χ0n) is 9.54. The van der Waals surface area contributed by atoms with Gasteiger partial charge in [0.25, 0.3) is 0 Å². The molecule has 16 heavy (non-hydrogen) atoms. The molecule has 1 aliphatic rings. The molecular weight excluding hydrogens is 266 g/mol. The average molecular weight is 284 g/mol. The lowest BCUT2D eigenvalue weighted by Crippen LogP contribution is -2.37. The third-order valence-corrected chi connectivity index (χ3v) is 3.81. The van der Waals surface area contributed by atoms with Gasteiger partial charge in [-0.25, -0.2) is 0 Å². The fourth-order valence-electron chi connectivity index (χ4n) is 2.09. The summed E-state index contributed by atoms with van der Waals surface area (Å²) < 4.78 is 1.02. The third-order valence-electron chi connectivity index (χ3n) is 3.32. The molecule has 0 aliphatic heterocycles. The summed E-state index contributed by atoms with van der Waals surface area (Å²) in [6.07, 6.45) is 4.87. The Labute approximate surface area is 105 Å². The SMILES string of the molecule is CCC(NC1CCC1)c1cc(Br)ccc1O. The number of nitrogens with one attached hydrogen (secondary N) is 1. The van der Waals surface area contributed by atoms with E-state index < -0.39 is 0 Å². The van der Waals surface area contributed by atoms with E-state index in [2.05, 4.69) is 28.2 Å². The van der Waals surface area contributed by atoms with Crippen molar-refractivity contribution in [3.05, 3.63) is 28.2 Å². The molecule has 0 spiro atoms. The van der Waals surface area contributed by atoms with Gasteiger partial charge in [0, 0.05) is 22.1 Å². The van der Waals surface area contributed by atoms with Gasteiger partial charge < -0.3 is 10.4 Å². The summed E-state index contributed by atoms with van der Waals surface area (Å²) >= 11 is 3.45. The maximum atomic E-state index is 9.88. The highest BCUT2D eigenvalue weighted by Crippen LogP contribution is 2.31. The van der Waals surface area contributed by atoms with Crippen LogP contribution < -0.4 is 5.32 Å². The van der Waals surface area contributed by atoms with Crippen molar-refractivity contribution in [1.82, 2.24) is 5.32 Å². The first-order chi connectivity index (χ1) is 7.70. The number of aromatic hydroxyl groups is 1. The number of hydrogen-bond acceptors (Lipinski definition) is 2. The molecule has 1 saturated carbocycles. The number of hydrogen-bond donors (Lipinski definition) is 2. The van der Waals surface area contributed by atoms with Crippen LogP contribution in [-0.4, -0.2) is 11.1 Å². The van der Waals surface area contributed by atoms with Crippen LogP contribution in [0.15, 0.2) is 22.7 Å². The third kappa shape index (κ3) is 2.58. The smallest absolute Gasteiger partial charge is 0.120 e. The second kappa shape index (κ2) is 5.19. The fourth-order valence-corrected chi connectivity index (χ4v) is 2.47. The summed E-state index contributed by atoms with van der Waals surface area (Å²) in [5.41, 5.74) is 1.00. The Morgan fingerprint density at radius 1 is 1.50 bits per heavy atom. The van der Waals surface area contributed by atoms with Gasteiger partial charge in [-0.1, -0.05) is 29.3 Å². The zero-order valence-corrected chi connectivity index (χ0v) is 11.1. The molecule has 1 fully saturated rings. The van der Waals surface area contributed by atoms with E-state index in [4.69, 9.17) is 0 Å². The normalized spacial score (nSPS) is 18.1. The van der Waals surface area contributed by atoms with Crippen LogP contribution in [0.5, 0.6) is 5.75 Å². The van der Waals surface area contributed by atoms with Crippen LogP contribution in [0.1, 0.15) is 44.2 Å². The highest BCUT2D eigenvalue weighted by Gasteiger charge is 2.22. The minimum Gasteiger partial charge on any atom is -0.508 e. The zero-order chi connectivity index (χ0) is 11.5. The number of rotatable bonds is 4. The molecule has 0 heterocycles. The predicted octanol–water partition coefficient (Wildman–Crippen LogP) is 3.75. The van der Waals surface area contributed by atoms with Crippen LogP contribution in [-0.2, 0) is 0 Å². The van der Waals surface area contributed by atoms with E-state index in [9.17, 15) is 5.11 Å². The van der Waals surface area contributed by atoms with Gasteiger partial charge >= 0.3 is 0 Å². The monoisotopic (exact) mass is 283 g/mol. The lowest BCUT2D eigenvalue weighted by Gasteiger charge is -2.31. The second-order valence-corrected chi connectivity index (χ2v) is 5.37. The Hall–Kier alpha value is -0.540. The van der Waals surface area contributed by atoms with E-state index in [-0.39, 0.29) is 6.04 Å². The highest BCUT2D eigenvalue weighted by atomic mass is 79.9. The summed E-state index contributed by atoms with van der Waals surface area (Å²) in [7, 11) is 0. The molecule has 2 nitrogen and oxygen atoms in total. The summed E-state index contributed by atoms with van der Waals surface area (Å²) in [6, 6.07) is 6.54. The largest absolute Gasteiger partial charge is 0.508 e. The van der Waals surface area contributed by atoms with Crippen LogP contribution in [0.2, 0.25) is 0 Å². The Kier molecular flexibility index (Phi) is 3.87. The van der Waals surface area contributed by atoms with Gasteiger partial charge in [-0.3, -0.25) is 0 Å². The van der Waals surface area contributed by atoms with E-state index in [1.54, 1.807) is 6.07 Å². The number of phenolic OH excluding ortho intramolecular Hbond substituents is 1. The van der Waals surface area contributed by atoms with Crippen molar-refractivity contribution >= 4 is 15.9 Å². The average Bonchev–Trinajstić information content (AvgIpc) is 2.21. The van der Waals surface area contributed by atoms with Crippen molar-refractivity contribution in [2.45, 2.75) is 44.7 Å². The summed E-state index contributed by atoms with van der Waals surface area (Å²) in [6.45, 7) is 2.15. The summed E-state index contributed by atoms with van der Waals surface area (Å²) in [5.74, 6) is 0.391. The van der Waals surface area contributed by atoms with Gasteiger partial charge in [-0.05, 0) is 37.5 Å². The minimum absolute atomic E-state index is 0.266. The first kappa shape index (κ1) is 11.9. The molecule has 0 radical (unpaired) electrons. The highest BCUT2D eigenvalue weighted by molar-refractivity contribution is 9.10. The number of phenols is 1. The summed E-state index contributed by atoms with van der Waals surface area (Å²) in [4.78, 5) is 0. The minimum atomic E-state index is 0.266. The Morgan fingerprint density at radius 2 is 2.25 bits per heavy atom. The maximum absolute atomic E-state index is 9.88. The molecule has 1 aromatic carbocycles. The number of benzene rings is 1. The Bertz CT molecular complexity index is 363. The van der Waals surface area contributed by atoms with Gasteiger partial charge in [0.15, 0.2) is 0 Å². The van der Waals surface area contributed by atoms with Crippen molar-refractivity contribution in [1.29, 1.82) is 0 Å². The van der Waals surface area contributed by atoms with Crippen LogP contribution in [0, 0.1) is 0 Å². The lowest BCUT2D eigenvalue weighted by molar-refractivity contribution is 0.298. The van der Waals surface area contributed by atoms with Crippen molar-refractivity contribution < 1.29 is 5.11 Å². The lowest BCUT2D eigenvalue weighted by atomic mass is 9.91. The molecule has 0 aromatic heterocycles. The van der Waals surface area contributed by atoms with Crippen LogP contribution >= 0.6 is 15.9 Å². The van der Waals surface area contributed by atoms with Gasteiger partial charge in [0.1, 0.15) is 5.75 Å². The molecule has 88 valence electrons. The molecule has 1 aliphatic carbocycles. The van der Waals surface area contributed by atoms with E-state index in [0.29, 0.717) is 11.8 Å². The number of halogens is 1. The first-order valence-corrected chi connectivity index (χ1v) is 6.74. The van der Waals surface area contributed by atoms with Crippen molar-refractivity contribution in [2.75, 3.05) is 0 Å². The molecule has 1 unspecified atom stereocenters. The quantitative estimate of drug-likeness (QED) is 0.882. The maximum Gasteiger partial charge on any atom is 0.120 e. The van der Waals surface area contributed by atoms with Crippen molar-refractivity contribution in [3.8, 4) is 5.75 Å². The van der Waals surface area contributed by atoms with E-state index in [1.165, 1.54) is 19.3 Å². The van der Waals surface area contributed by atoms with Gasteiger partial charge in [-0.15, -0.1) is 0 Å². The molecule has 3 heteroatoms. The molecule has 0 amide bonds. The van der Waals surface area contributed by atoms with Gasteiger partial charge in [-0.2, -0.15) is 0 Å². The second-order valence-electron chi connectivity index (χ2n) is 4.46. The Balaban J connectivity index is 2.14. The van der Waals surface area contributed by atoms with Gasteiger partial charge in [0.05, 0.1) is 0 Å². The van der Waals surface area contributed by atoms with E-state index >= 15 is 0 Å². The van der Waals surface area contributed by atoms with Crippen LogP contribution in [0.25, 0.3) is 0 Å². The predicted molar refractivity (Wildman–Crippen MR) is 69.6 cm³/mol. The summed E-state index contributed by atoms with van der Waals surface area (Å²) in [5, 5.41) is 13.5. The first-order valence-electron chi connectivity index (χ1n) is 5.95. The van der Waals surface area contributed by atoms with Crippen molar-refractivity contribution in [3.63, 3.8) is 0 Å². The molecule has 0 saturated heterocycles. The van der Waals surface area contributed by atoms with Crippen LogP contribution in [0.4, 0.5) is 0 Å². The molecule has 2 rings (SSSR count).